The van der Waals surface area contributed by atoms with Gasteiger partial charge in [-0.05, 0) is 11.5 Å². The van der Waals surface area contributed by atoms with Gasteiger partial charge in [0.1, 0.15) is 0 Å². The third kappa shape index (κ3) is 3.65. The number of aromatic amines is 1. The van der Waals surface area contributed by atoms with Gasteiger partial charge in [0.15, 0.2) is 5.82 Å². The molecule has 0 fully saturated rings. The Bertz CT molecular complexity index is 555. The van der Waals surface area contributed by atoms with Gasteiger partial charge in [-0.1, -0.05) is 55.8 Å². The predicted molar refractivity (Wildman–Crippen MR) is 79.3 cm³/mol. The van der Waals surface area contributed by atoms with Crippen molar-refractivity contribution in [3.63, 3.8) is 0 Å². The van der Waals surface area contributed by atoms with Crippen molar-refractivity contribution in [2.24, 2.45) is 5.92 Å². The molecular weight excluding hydrogens is 266 g/mol. The average Bonchev–Trinajstić information content (AvgIpc) is 3.01. The molecule has 0 saturated carbocycles. The number of hydrogen-bond donors (Lipinski definition) is 1. The van der Waals surface area contributed by atoms with E-state index in [0.717, 1.165) is 12.0 Å². The lowest BCUT2D eigenvalue weighted by Gasteiger charge is -2.27. The maximum Gasteiger partial charge on any atom is 0.230 e. The predicted octanol–water partition coefficient (Wildman–Crippen LogP) is 1.99. The quantitative estimate of drug-likeness (QED) is 0.881. The number of amides is 1. The molecule has 6 nitrogen and oxygen atoms in total. The second-order valence-corrected chi connectivity index (χ2v) is 5.30. The van der Waals surface area contributed by atoms with Crippen molar-refractivity contribution < 1.29 is 4.79 Å². The van der Waals surface area contributed by atoms with E-state index in [1.165, 1.54) is 0 Å². The molecule has 0 aliphatic carbocycles. The highest BCUT2D eigenvalue weighted by Crippen LogP contribution is 2.28. The monoisotopic (exact) mass is 287 g/mol. The number of nitrogens with one attached hydrogen (secondary N) is 1. The Morgan fingerprint density at radius 2 is 2.05 bits per heavy atom. The molecule has 0 bridgehead atoms. The number of H-pyrrole nitrogens is 1. The van der Waals surface area contributed by atoms with E-state index in [-0.39, 0.29) is 17.7 Å². The van der Waals surface area contributed by atoms with Crippen LogP contribution in [0.15, 0.2) is 30.3 Å². The minimum absolute atomic E-state index is 0.0837. The van der Waals surface area contributed by atoms with Gasteiger partial charge in [0.2, 0.25) is 5.91 Å². The Labute approximate surface area is 124 Å². The van der Waals surface area contributed by atoms with Crippen LogP contribution in [0.5, 0.6) is 0 Å². The largest absolute Gasteiger partial charge is 0.338 e. The molecule has 1 amide bonds. The van der Waals surface area contributed by atoms with Crippen molar-refractivity contribution in [2.75, 3.05) is 7.05 Å². The highest BCUT2D eigenvalue weighted by atomic mass is 16.2. The van der Waals surface area contributed by atoms with Crippen molar-refractivity contribution in [3.8, 4) is 0 Å². The molecular formula is C15H21N5O. The summed E-state index contributed by atoms with van der Waals surface area (Å²) in [7, 11) is 1.77. The van der Waals surface area contributed by atoms with Crippen molar-refractivity contribution in [2.45, 2.75) is 32.7 Å². The summed E-state index contributed by atoms with van der Waals surface area (Å²) in [5.41, 5.74) is 1.05. The first-order valence-electron chi connectivity index (χ1n) is 7.15. The van der Waals surface area contributed by atoms with E-state index in [2.05, 4.69) is 34.5 Å². The number of tetrazole rings is 1. The van der Waals surface area contributed by atoms with Crippen LogP contribution in [0.25, 0.3) is 0 Å². The fourth-order valence-corrected chi connectivity index (χ4v) is 2.39. The Morgan fingerprint density at radius 1 is 1.33 bits per heavy atom. The first-order valence-corrected chi connectivity index (χ1v) is 7.15. The maximum atomic E-state index is 12.8. The molecule has 1 aromatic carbocycles. The molecule has 0 radical (unpaired) electrons. The number of aromatic nitrogens is 4. The molecule has 1 heterocycles. The zero-order valence-corrected chi connectivity index (χ0v) is 12.7. The van der Waals surface area contributed by atoms with E-state index in [4.69, 9.17) is 0 Å². The lowest BCUT2D eigenvalue weighted by molar-refractivity contribution is -0.133. The zero-order chi connectivity index (χ0) is 15.2. The van der Waals surface area contributed by atoms with E-state index >= 15 is 0 Å². The summed E-state index contributed by atoms with van der Waals surface area (Å²) in [5, 5.41) is 13.7. The number of carbonyl (C=O) groups is 1. The van der Waals surface area contributed by atoms with Crippen LogP contribution in [0.1, 0.15) is 37.6 Å². The van der Waals surface area contributed by atoms with E-state index in [9.17, 15) is 4.79 Å². The lowest BCUT2D eigenvalue weighted by atomic mass is 9.84. The van der Waals surface area contributed by atoms with Crippen molar-refractivity contribution in [1.29, 1.82) is 0 Å². The number of nitrogens with zero attached hydrogens (tertiary/aromatic N) is 4. The zero-order valence-electron chi connectivity index (χ0n) is 12.7. The summed E-state index contributed by atoms with van der Waals surface area (Å²) in [6.45, 7) is 4.57. The third-order valence-corrected chi connectivity index (χ3v) is 3.78. The smallest absolute Gasteiger partial charge is 0.230 e. The Balaban J connectivity index is 2.18. The number of benzene rings is 1. The van der Waals surface area contributed by atoms with Gasteiger partial charge in [-0.3, -0.25) is 4.79 Å². The van der Waals surface area contributed by atoms with E-state index in [1.807, 2.05) is 30.3 Å². The highest BCUT2D eigenvalue weighted by molar-refractivity contribution is 5.83. The van der Waals surface area contributed by atoms with Crippen molar-refractivity contribution in [1.82, 2.24) is 25.5 Å². The lowest BCUT2D eigenvalue weighted by Crippen LogP contribution is -2.34. The molecule has 2 atom stereocenters. The first-order chi connectivity index (χ1) is 10.1. The van der Waals surface area contributed by atoms with Crippen LogP contribution >= 0.6 is 0 Å². The Morgan fingerprint density at radius 3 is 2.62 bits per heavy atom. The van der Waals surface area contributed by atoms with Crippen LogP contribution in [-0.2, 0) is 11.3 Å². The van der Waals surface area contributed by atoms with Crippen LogP contribution < -0.4 is 0 Å². The standard InChI is InChI=1S/C15H21N5O/c1-4-11(2)14(12-8-6-5-7-9-12)15(21)20(3)10-13-16-18-19-17-13/h5-9,11,14H,4,10H2,1-3H3,(H,16,17,18,19)/t11-,14+/m0/s1. The van der Waals surface area contributed by atoms with Gasteiger partial charge < -0.3 is 4.90 Å². The molecule has 0 aliphatic heterocycles. The van der Waals surface area contributed by atoms with Crippen LogP contribution in [0.2, 0.25) is 0 Å². The number of hydrogen-bond acceptors (Lipinski definition) is 4. The molecule has 1 N–H and O–H groups in total. The fraction of sp³-hybridized carbons (Fsp3) is 0.467. The third-order valence-electron chi connectivity index (χ3n) is 3.78. The van der Waals surface area contributed by atoms with Gasteiger partial charge in [0.25, 0.3) is 0 Å². The van der Waals surface area contributed by atoms with E-state index < -0.39 is 0 Å². The minimum atomic E-state index is -0.145. The molecule has 0 spiro atoms. The molecule has 0 aliphatic rings. The van der Waals surface area contributed by atoms with E-state index in [0.29, 0.717) is 12.4 Å². The maximum absolute atomic E-state index is 12.8. The normalized spacial score (nSPS) is 13.7. The van der Waals surface area contributed by atoms with Crippen molar-refractivity contribution >= 4 is 5.91 Å². The second kappa shape index (κ2) is 6.97. The highest BCUT2D eigenvalue weighted by Gasteiger charge is 2.28. The second-order valence-electron chi connectivity index (χ2n) is 5.30. The van der Waals surface area contributed by atoms with Crippen molar-refractivity contribution in [3.05, 3.63) is 41.7 Å². The fourth-order valence-electron chi connectivity index (χ4n) is 2.39. The Kier molecular flexibility index (Phi) is 5.03. The molecule has 0 saturated heterocycles. The summed E-state index contributed by atoms with van der Waals surface area (Å²) < 4.78 is 0. The Hall–Kier alpha value is -2.24. The van der Waals surface area contributed by atoms with Crippen LogP contribution in [-0.4, -0.2) is 38.5 Å². The first kappa shape index (κ1) is 15.2. The molecule has 112 valence electrons. The summed E-state index contributed by atoms with van der Waals surface area (Å²) in [6, 6.07) is 9.92. The van der Waals surface area contributed by atoms with Gasteiger partial charge in [-0.25, -0.2) is 0 Å². The number of carbonyl (C=O) groups excluding carboxylic acids is 1. The van der Waals surface area contributed by atoms with Gasteiger partial charge in [-0.15, -0.1) is 10.2 Å². The van der Waals surface area contributed by atoms with Gasteiger partial charge >= 0.3 is 0 Å². The minimum Gasteiger partial charge on any atom is -0.338 e. The number of rotatable bonds is 6. The summed E-state index contributed by atoms with van der Waals surface area (Å²) >= 11 is 0. The summed E-state index contributed by atoms with van der Waals surface area (Å²) in [4.78, 5) is 14.5. The van der Waals surface area contributed by atoms with Crippen LogP contribution in [0, 0.1) is 5.92 Å². The van der Waals surface area contributed by atoms with Crippen LogP contribution in [0.3, 0.4) is 0 Å². The average molecular weight is 287 g/mol. The molecule has 2 aromatic rings. The molecule has 21 heavy (non-hydrogen) atoms. The van der Waals surface area contributed by atoms with Gasteiger partial charge in [0.05, 0.1) is 12.5 Å². The molecule has 2 rings (SSSR count). The molecule has 6 heteroatoms. The summed E-state index contributed by atoms with van der Waals surface area (Å²) in [5.74, 6) is 0.725. The van der Waals surface area contributed by atoms with Crippen LogP contribution in [0.4, 0.5) is 0 Å². The SMILES string of the molecule is CC[C@H](C)[C@@H](C(=O)N(C)Cc1nn[nH]n1)c1ccccc1. The summed E-state index contributed by atoms with van der Waals surface area (Å²) in [6.07, 6.45) is 0.946. The van der Waals surface area contributed by atoms with Gasteiger partial charge in [0, 0.05) is 7.05 Å². The molecule has 1 aromatic heterocycles. The van der Waals surface area contributed by atoms with E-state index in [1.54, 1.807) is 11.9 Å². The van der Waals surface area contributed by atoms with Gasteiger partial charge in [-0.2, -0.15) is 5.21 Å². The topological polar surface area (TPSA) is 74.8 Å². The molecule has 0 unspecified atom stereocenters. The number of likely N-dealkylation sites (N-methyl/N-ethyl adjacent to an activating group) is 1.